The van der Waals surface area contributed by atoms with Crippen LogP contribution in [-0.4, -0.2) is 45.8 Å². The maximum absolute atomic E-state index is 13.1. The number of nitrogens with one attached hydrogen (secondary N) is 2. The summed E-state index contributed by atoms with van der Waals surface area (Å²) >= 11 is 6.33. The third-order valence-electron chi connectivity index (χ3n) is 4.40. The second kappa shape index (κ2) is 6.31. The van der Waals surface area contributed by atoms with Crippen LogP contribution < -0.4 is 11.1 Å². The van der Waals surface area contributed by atoms with Gasteiger partial charge in [-0.25, -0.2) is 4.98 Å². The summed E-state index contributed by atoms with van der Waals surface area (Å²) in [5.41, 5.74) is 6.96. The first kappa shape index (κ1) is 17.7. The predicted octanol–water partition coefficient (Wildman–Crippen LogP) is 1.66. The quantitative estimate of drug-likeness (QED) is 0.768. The Morgan fingerprint density at radius 1 is 1.52 bits per heavy atom. The smallest absolute Gasteiger partial charge is 0.257 e. The number of carbonyl (C=O) groups excluding carboxylic acids is 2. The lowest BCUT2D eigenvalue weighted by atomic mass is 9.83. The van der Waals surface area contributed by atoms with Gasteiger partial charge in [0.25, 0.3) is 5.91 Å². The largest absolute Gasteiger partial charge is 0.353 e. The summed E-state index contributed by atoms with van der Waals surface area (Å²) in [6, 6.07) is -0.645. The van der Waals surface area contributed by atoms with Gasteiger partial charge in [-0.15, -0.1) is 0 Å². The number of nitrogens with two attached hydrogens (primary N) is 1. The van der Waals surface area contributed by atoms with Gasteiger partial charge in [0.05, 0.1) is 10.6 Å². The number of pyridine rings is 1. The summed E-state index contributed by atoms with van der Waals surface area (Å²) in [6.45, 7) is 6.77. The average molecular weight is 364 g/mol. The van der Waals surface area contributed by atoms with Gasteiger partial charge in [-0.1, -0.05) is 32.4 Å². The zero-order valence-electron chi connectivity index (χ0n) is 14.5. The van der Waals surface area contributed by atoms with Gasteiger partial charge in [-0.3, -0.25) is 9.59 Å². The zero-order chi connectivity index (χ0) is 18.4. The van der Waals surface area contributed by atoms with Gasteiger partial charge in [0.2, 0.25) is 5.91 Å². The molecule has 3 rings (SSSR count). The molecule has 3 heterocycles. The van der Waals surface area contributed by atoms with Crippen molar-refractivity contribution in [2.75, 3.05) is 13.1 Å². The van der Waals surface area contributed by atoms with Crippen LogP contribution >= 0.6 is 11.6 Å². The Hall–Kier alpha value is -2.12. The molecule has 0 fully saturated rings. The highest BCUT2D eigenvalue weighted by molar-refractivity contribution is 6.32. The number of aromatic amines is 1. The molecule has 7 nitrogen and oxygen atoms in total. The number of halogens is 1. The van der Waals surface area contributed by atoms with Crippen LogP contribution in [-0.2, 0) is 11.3 Å². The number of hydrogen-bond acceptors (Lipinski definition) is 4. The van der Waals surface area contributed by atoms with Gasteiger partial charge in [0.15, 0.2) is 0 Å². The molecule has 0 unspecified atom stereocenters. The van der Waals surface area contributed by atoms with E-state index in [2.05, 4.69) is 15.3 Å². The lowest BCUT2D eigenvalue weighted by Crippen LogP contribution is -2.56. The highest BCUT2D eigenvalue weighted by Crippen LogP contribution is 2.37. The summed E-state index contributed by atoms with van der Waals surface area (Å²) < 4.78 is 0. The van der Waals surface area contributed by atoms with Crippen LogP contribution in [0.1, 0.15) is 36.7 Å². The van der Waals surface area contributed by atoms with Crippen LogP contribution in [0, 0.1) is 5.41 Å². The lowest BCUT2D eigenvalue weighted by molar-refractivity contribution is -0.129. The Morgan fingerprint density at radius 3 is 2.88 bits per heavy atom. The Morgan fingerprint density at radius 2 is 2.24 bits per heavy atom. The van der Waals surface area contributed by atoms with Crippen LogP contribution in [0.3, 0.4) is 0 Å². The van der Waals surface area contributed by atoms with Crippen molar-refractivity contribution in [3.8, 4) is 0 Å². The van der Waals surface area contributed by atoms with E-state index in [0.717, 1.165) is 10.9 Å². The number of hydrogen-bond donors (Lipinski definition) is 3. The van der Waals surface area contributed by atoms with Crippen molar-refractivity contribution in [3.05, 3.63) is 28.5 Å². The van der Waals surface area contributed by atoms with E-state index in [1.807, 2.05) is 20.8 Å². The topological polar surface area (TPSA) is 104 Å². The molecule has 0 saturated carbocycles. The zero-order valence-corrected chi connectivity index (χ0v) is 15.3. The summed E-state index contributed by atoms with van der Waals surface area (Å²) in [4.78, 5) is 34.6. The molecule has 0 saturated heterocycles. The molecule has 4 N–H and O–H groups in total. The third-order valence-corrected chi connectivity index (χ3v) is 4.73. The van der Waals surface area contributed by atoms with Crippen LogP contribution in [0.2, 0.25) is 5.02 Å². The van der Waals surface area contributed by atoms with E-state index in [1.165, 1.54) is 0 Å². The standard InChI is InChI=1S/C17H22ClN5O2/c1-17(2,3)13(15(24)20-5-4-19)23-8-10-11(18)7-22-14-12(10)9(6-21-14)16(23)25/h6-7,13H,4-5,8,19H2,1-3H3,(H,20,24)(H,21,22)/t13-/m0/s1. The van der Waals surface area contributed by atoms with Crippen LogP contribution in [0.25, 0.3) is 11.0 Å². The molecule has 2 aromatic rings. The molecule has 0 aromatic carbocycles. The van der Waals surface area contributed by atoms with E-state index in [4.69, 9.17) is 17.3 Å². The summed E-state index contributed by atoms with van der Waals surface area (Å²) in [5, 5.41) is 4.03. The van der Waals surface area contributed by atoms with Gasteiger partial charge in [0.1, 0.15) is 11.7 Å². The number of aromatic nitrogens is 2. The molecule has 0 bridgehead atoms. The Bertz CT molecular complexity index is 839. The van der Waals surface area contributed by atoms with E-state index in [-0.39, 0.29) is 18.4 Å². The Balaban J connectivity index is 2.06. The van der Waals surface area contributed by atoms with Crippen LogP contribution in [0.4, 0.5) is 0 Å². The van der Waals surface area contributed by atoms with Crippen molar-refractivity contribution in [2.45, 2.75) is 33.4 Å². The lowest BCUT2D eigenvalue weighted by Gasteiger charge is -2.40. The van der Waals surface area contributed by atoms with Gasteiger partial charge in [-0.2, -0.15) is 0 Å². The van der Waals surface area contributed by atoms with Crippen molar-refractivity contribution < 1.29 is 9.59 Å². The van der Waals surface area contributed by atoms with Crippen molar-refractivity contribution in [1.29, 1.82) is 0 Å². The van der Waals surface area contributed by atoms with Crippen LogP contribution in [0.5, 0.6) is 0 Å². The molecule has 8 heteroatoms. The molecular formula is C17H22ClN5O2. The van der Waals surface area contributed by atoms with Crippen molar-refractivity contribution in [1.82, 2.24) is 20.2 Å². The Labute approximate surface area is 150 Å². The second-order valence-electron chi connectivity index (χ2n) is 7.29. The van der Waals surface area contributed by atoms with E-state index in [1.54, 1.807) is 17.3 Å². The molecule has 1 aliphatic rings. The van der Waals surface area contributed by atoms with Gasteiger partial charge >= 0.3 is 0 Å². The molecule has 2 amide bonds. The van der Waals surface area contributed by atoms with E-state index >= 15 is 0 Å². The summed E-state index contributed by atoms with van der Waals surface area (Å²) in [6.07, 6.45) is 3.19. The summed E-state index contributed by atoms with van der Waals surface area (Å²) in [5.74, 6) is -0.419. The van der Waals surface area contributed by atoms with Crippen molar-refractivity contribution in [3.63, 3.8) is 0 Å². The molecule has 0 aliphatic carbocycles. The highest BCUT2D eigenvalue weighted by atomic mass is 35.5. The molecule has 2 aromatic heterocycles. The molecule has 1 atom stereocenters. The molecule has 0 spiro atoms. The first-order valence-electron chi connectivity index (χ1n) is 8.19. The second-order valence-corrected chi connectivity index (χ2v) is 7.70. The Kier molecular flexibility index (Phi) is 4.47. The van der Waals surface area contributed by atoms with Crippen LogP contribution in [0.15, 0.2) is 12.4 Å². The highest BCUT2D eigenvalue weighted by Gasteiger charge is 2.42. The third kappa shape index (κ3) is 2.98. The molecule has 0 radical (unpaired) electrons. The number of H-pyrrole nitrogens is 1. The van der Waals surface area contributed by atoms with E-state index in [9.17, 15) is 9.59 Å². The molecule has 134 valence electrons. The van der Waals surface area contributed by atoms with Crippen molar-refractivity contribution in [2.24, 2.45) is 11.1 Å². The van der Waals surface area contributed by atoms with Gasteiger partial charge < -0.3 is 20.9 Å². The van der Waals surface area contributed by atoms with E-state index in [0.29, 0.717) is 29.3 Å². The molecule has 1 aliphatic heterocycles. The van der Waals surface area contributed by atoms with Gasteiger partial charge in [0, 0.05) is 43.0 Å². The number of amides is 2. The fourth-order valence-electron chi connectivity index (χ4n) is 3.36. The van der Waals surface area contributed by atoms with Crippen molar-refractivity contribution >= 4 is 34.4 Å². The predicted molar refractivity (Wildman–Crippen MR) is 96.3 cm³/mol. The first-order chi connectivity index (χ1) is 11.8. The average Bonchev–Trinajstić information content (AvgIpc) is 2.96. The number of nitrogens with zero attached hydrogens (tertiary/aromatic N) is 2. The van der Waals surface area contributed by atoms with E-state index < -0.39 is 11.5 Å². The monoisotopic (exact) mass is 363 g/mol. The fourth-order valence-corrected chi connectivity index (χ4v) is 3.56. The minimum absolute atomic E-state index is 0.203. The number of rotatable bonds is 4. The number of carbonyl (C=O) groups is 2. The maximum atomic E-state index is 13.1. The minimum Gasteiger partial charge on any atom is -0.353 e. The SMILES string of the molecule is CC(C)(C)[C@H](C(=O)NCCN)N1Cc2c(Cl)cnc3[nH]cc(c23)C1=O. The first-order valence-corrected chi connectivity index (χ1v) is 8.56. The van der Waals surface area contributed by atoms with Gasteiger partial charge in [-0.05, 0) is 5.41 Å². The normalized spacial score (nSPS) is 15.6. The fraction of sp³-hybridized carbons (Fsp3) is 0.471. The molecular weight excluding hydrogens is 342 g/mol. The molecule has 25 heavy (non-hydrogen) atoms. The summed E-state index contributed by atoms with van der Waals surface area (Å²) in [7, 11) is 0. The maximum Gasteiger partial charge on any atom is 0.257 e. The minimum atomic E-state index is -0.645.